The molecule has 34 heavy (non-hydrogen) atoms. The Balaban J connectivity index is 1.61. The van der Waals surface area contributed by atoms with E-state index >= 15 is 0 Å². The zero-order chi connectivity index (χ0) is 24.3. The van der Waals surface area contributed by atoms with Crippen molar-refractivity contribution in [1.82, 2.24) is 9.80 Å². The third-order valence-electron chi connectivity index (χ3n) is 7.06. The van der Waals surface area contributed by atoms with Crippen molar-refractivity contribution in [2.24, 2.45) is 22.1 Å². The van der Waals surface area contributed by atoms with Gasteiger partial charge in [0.05, 0.1) is 18.9 Å². The first-order valence-electron chi connectivity index (χ1n) is 12.2. The Bertz CT molecular complexity index is 934. The predicted molar refractivity (Wildman–Crippen MR) is 131 cm³/mol. The molecule has 0 aromatic heterocycles. The number of carbonyl (C=O) groups is 1. The molecule has 3 fully saturated rings. The first-order valence-corrected chi connectivity index (χ1v) is 12.2. The summed E-state index contributed by atoms with van der Waals surface area (Å²) in [5, 5.41) is 0. The Labute approximate surface area is 201 Å². The van der Waals surface area contributed by atoms with Gasteiger partial charge in [0.1, 0.15) is 11.4 Å². The lowest BCUT2D eigenvalue weighted by Crippen LogP contribution is -2.59. The molecule has 7 nitrogen and oxygen atoms in total. The van der Waals surface area contributed by atoms with E-state index in [0.717, 1.165) is 69.1 Å². The number of rotatable bonds is 3. The highest BCUT2D eigenvalue weighted by Crippen LogP contribution is 2.48. The minimum absolute atomic E-state index is 0.139. The van der Waals surface area contributed by atoms with Crippen LogP contribution >= 0.6 is 0 Å². The van der Waals surface area contributed by atoms with Crippen LogP contribution in [0, 0.1) is 17.2 Å². The van der Waals surface area contributed by atoms with Crippen molar-refractivity contribution in [2.45, 2.75) is 45.6 Å². The molecule has 1 saturated carbocycles. The van der Waals surface area contributed by atoms with Crippen molar-refractivity contribution in [3.05, 3.63) is 41.9 Å². The topological polar surface area (TPSA) is 80.4 Å². The Morgan fingerprint density at radius 1 is 1.26 bits per heavy atom. The predicted octanol–water partition coefficient (Wildman–Crippen LogP) is 4.11. The summed E-state index contributed by atoms with van der Waals surface area (Å²) in [5.41, 5.74) is 8.13. The molecule has 2 atom stereocenters. The fourth-order valence-corrected chi connectivity index (χ4v) is 5.44. The van der Waals surface area contributed by atoms with Gasteiger partial charge >= 0.3 is 6.09 Å². The third-order valence-corrected chi connectivity index (χ3v) is 7.06. The molecule has 2 N–H and O–H groups in total. The number of piperidine rings is 1. The SMILES string of the molecule is CC(C)(C)OC(=O)N1CCC2CC(=Nc3ccc(F)cc3)C(=CN)CC2(CN2CCOCC2)C1. The molecule has 0 bridgehead atoms. The lowest BCUT2D eigenvalue weighted by molar-refractivity contribution is -0.0432. The average molecular weight is 473 g/mol. The second-order valence-corrected chi connectivity index (χ2v) is 10.7. The van der Waals surface area contributed by atoms with Gasteiger partial charge in [0.15, 0.2) is 0 Å². The van der Waals surface area contributed by atoms with E-state index in [9.17, 15) is 9.18 Å². The monoisotopic (exact) mass is 472 g/mol. The largest absolute Gasteiger partial charge is 0.444 e. The number of amides is 1. The van der Waals surface area contributed by atoms with Crippen molar-refractivity contribution in [3.63, 3.8) is 0 Å². The van der Waals surface area contributed by atoms with Crippen molar-refractivity contribution >= 4 is 17.5 Å². The number of fused-ring (bicyclic) bond motifs is 1. The van der Waals surface area contributed by atoms with E-state index in [1.54, 1.807) is 18.3 Å². The van der Waals surface area contributed by atoms with Gasteiger partial charge in [-0.05, 0) is 82.0 Å². The van der Waals surface area contributed by atoms with E-state index in [0.29, 0.717) is 19.0 Å². The number of nitrogens with two attached hydrogens (primary N) is 1. The van der Waals surface area contributed by atoms with E-state index in [1.165, 1.54) is 12.1 Å². The van der Waals surface area contributed by atoms with Gasteiger partial charge < -0.3 is 20.1 Å². The number of ether oxygens (including phenoxy) is 2. The van der Waals surface area contributed by atoms with Crippen LogP contribution in [-0.4, -0.2) is 73.1 Å². The smallest absolute Gasteiger partial charge is 0.410 e. The molecular weight excluding hydrogens is 435 g/mol. The Hall–Kier alpha value is -2.45. The highest BCUT2D eigenvalue weighted by molar-refractivity contribution is 6.02. The van der Waals surface area contributed by atoms with Crippen LogP contribution in [0.25, 0.3) is 0 Å². The minimum Gasteiger partial charge on any atom is -0.444 e. The van der Waals surface area contributed by atoms with Crippen LogP contribution < -0.4 is 5.73 Å². The number of carbonyl (C=O) groups excluding carboxylic acids is 1. The second-order valence-electron chi connectivity index (χ2n) is 10.7. The van der Waals surface area contributed by atoms with Crippen LogP contribution in [0.1, 0.15) is 40.0 Å². The van der Waals surface area contributed by atoms with Crippen LogP contribution in [0.3, 0.4) is 0 Å². The van der Waals surface area contributed by atoms with Gasteiger partial charge in [-0.15, -0.1) is 0 Å². The normalized spacial score (nSPS) is 28.7. The van der Waals surface area contributed by atoms with Gasteiger partial charge in [0.2, 0.25) is 0 Å². The van der Waals surface area contributed by atoms with E-state index in [4.69, 9.17) is 20.2 Å². The van der Waals surface area contributed by atoms with Crippen LogP contribution in [0.15, 0.2) is 41.0 Å². The number of hydrogen-bond donors (Lipinski definition) is 1. The third kappa shape index (κ3) is 5.78. The molecule has 2 aliphatic heterocycles. The maximum absolute atomic E-state index is 13.4. The van der Waals surface area contributed by atoms with Crippen molar-refractivity contribution in [1.29, 1.82) is 0 Å². The van der Waals surface area contributed by atoms with Gasteiger partial charge in [0, 0.05) is 43.9 Å². The summed E-state index contributed by atoms with van der Waals surface area (Å²) in [7, 11) is 0. The molecule has 1 aromatic rings. The zero-order valence-electron chi connectivity index (χ0n) is 20.6. The number of likely N-dealkylation sites (tertiary alicyclic amines) is 1. The van der Waals surface area contributed by atoms with Crippen molar-refractivity contribution < 1.29 is 18.7 Å². The summed E-state index contributed by atoms with van der Waals surface area (Å²) in [6.07, 6.45) is 3.81. The lowest BCUT2D eigenvalue weighted by Gasteiger charge is -2.53. The number of nitrogens with zero attached hydrogens (tertiary/aromatic N) is 3. The van der Waals surface area contributed by atoms with Crippen molar-refractivity contribution in [3.8, 4) is 0 Å². The molecular formula is C26H37FN4O3. The maximum atomic E-state index is 13.4. The highest BCUT2D eigenvalue weighted by Gasteiger charge is 2.50. The quantitative estimate of drug-likeness (QED) is 0.716. The van der Waals surface area contributed by atoms with Gasteiger partial charge in [0.25, 0.3) is 0 Å². The summed E-state index contributed by atoms with van der Waals surface area (Å²) in [6.45, 7) is 11.1. The summed E-state index contributed by atoms with van der Waals surface area (Å²) in [6, 6.07) is 6.24. The molecule has 8 heteroatoms. The van der Waals surface area contributed by atoms with Gasteiger partial charge in [-0.2, -0.15) is 0 Å². The lowest BCUT2D eigenvalue weighted by atomic mass is 9.60. The van der Waals surface area contributed by atoms with Gasteiger partial charge in [-0.3, -0.25) is 9.89 Å². The maximum Gasteiger partial charge on any atom is 0.410 e. The molecule has 1 aliphatic carbocycles. The summed E-state index contributed by atoms with van der Waals surface area (Å²) >= 11 is 0. The summed E-state index contributed by atoms with van der Waals surface area (Å²) in [4.78, 5) is 22.2. The molecule has 1 amide bonds. The molecule has 186 valence electrons. The molecule has 2 saturated heterocycles. The highest BCUT2D eigenvalue weighted by atomic mass is 19.1. The molecule has 4 rings (SSSR count). The number of hydrogen-bond acceptors (Lipinski definition) is 6. The Morgan fingerprint density at radius 2 is 1.97 bits per heavy atom. The first kappa shape index (κ1) is 24.7. The fraction of sp³-hybridized carbons (Fsp3) is 0.615. The van der Waals surface area contributed by atoms with Crippen LogP contribution in [0.5, 0.6) is 0 Å². The average Bonchev–Trinajstić information content (AvgIpc) is 2.79. The van der Waals surface area contributed by atoms with Crippen molar-refractivity contribution in [2.75, 3.05) is 45.9 Å². The van der Waals surface area contributed by atoms with Crippen LogP contribution in [-0.2, 0) is 9.47 Å². The molecule has 0 spiro atoms. The van der Waals surface area contributed by atoms with E-state index in [1.807, 2.05) is 25.7 Å². The van der Waals surface area contributed by atoms with E-state index in [2.05, 4.69) is 4.90 Å². The fourth-order valence-electron chi connectivity index (χ4n) is 5.44. The van der Waals surface area contributed by atoms with Gasteiger partial charge in [-0.25, -0.2) is 9.18 Å². The number of aliphatic imine (C=N–C) groups is 1. The second kappa shape index (κ2) is 10.0. The Kier molecular flexibility index (Phi) is 7.28. The standard InChI is InChI=1S/C26H37FN4O3/c1-25(2,3)34-24(32)31-9-8-20-14-23(29-22-6-4-21(27)5-7-22)19(16-28)15-26(20,18-31)17-30-10-12-33-13-11-30/h4-7,16,20H,8-15,17-18,28H2,1-3H3. The first-order chi connectivity index (χ1) is 16.2. The molecule has 1 aromatic carbocycles. The molecule has 0 radical (unpaired) electrons. The minimum atomic E-state index is -0.533. The summed E-state index contributed by atoms with van der Waals surface area (Å²) in [5.74, 6) is 0.0816. The van der Waals surface area contributed by atoms with Gasteiger partial charge in [-0.1, -0.05) is 0 Å². The number of morpholine rings is 1. The zero-order valence-corrected chi connectivity index (χ0v) is 20.6. The van der Waals surface area contributed by atoms with Crippen LogP contribution in [0.4, 0.5) is 14.9 Å². The molecule has 2 unspecified atom stereocenters. The number of allylic oxidation sites excluding steroid dienone is 1. The Morgan fingerprint density at radius 3 is 2.62 bits per heavy atom. The van der Waals surface area contributed by atoms with E-state index < -0.39 is 5.60 Å². The van der Waals surface area contributed by atoms with Crippen LogP contribution in [0.2, 0.25) is 0 Å². The molecule has 2 heterocycles. The number of halogens is 1. The molecule has 3 aliphatic rings. The summed E-state index contributed by atoms with van der Waals surface area (Å²) < 4.78 is 24.7. The van der Waals surface area contributed by atoms with E-state index in [-0.39, 0.29) is 17.3 Å². The number of benzene rings is 1.